The molecule has 0 radical (unpaired) electrons. The van der Waals surface area contributed by atoms with Crippen molar-refractivity contribution in [3.63, 3.8) is 0 Å². The summed E-state index contributed by atoms with van der Waals surface area (Å²) in [4.78, 5) is 14.8. The molecule has 0 unspecified atom stereocenters. The molecule has 0 fully saturated rings. The lowest BCUT2D eigenvalue weighted by molar-refractivity contribution is 0.111. The van der Waals surface area contributed by atoms with Crippen molar-refractivity contribution in [1.29, 1.82) is 5.26 Å². The number of nitrogens with zero attached hydrogens (tertiary/aromatic N) is 2. The van der Waals surface area contributed by atoms with E-state index in [1.54, 1.807) is 36.5 Å². The van der Waals surface area contributed by atoms with Crippen LogP contribution in [-0.2, 0) is 6.61 Å². The maximum Gasteiger partial charge on any atom is 0.153 e. The van der Waals surface area contributed by atoms with Crippen molar-refractivity contribution in [1.82, 2.24) is 4.98 Å². The van der Waals surface area contributed by atoms with Gasteiger partial charge in [0.2, 0.25) is 0 Å². The molecule has 19 heavy (non-hydrogen) atoms. The molecule has 5 heteroatoms. The minimum absolute atomic E-state index is 0.265. The van der Waals surface area contributed by atoms with Crippen molar-refractivity contribution in [2.45, 2.75) is 6.61 Å². The van der Waals surface area contributed by atoms with Crippen LogP contribution in [0.15, 0.2) is 41.0 Å². The molecule has 0 saturated carbocycles. The summed E-state index contributed by atoms with van der Waals surface area (Å²) in [6.45, 7) is 0.265. The Bertz CT molecular complexity index is 650. The average Bonchev–Trinajstić information content (AvgIpc) is 2.46. The molecule has 94 valence electrons. The number of rotatable bonds is 4. The van der Waals surface area contributed by atoms with Crippen molar-refractivity contribution in [2.75, 3.05) is 0 Å². The van der Waals surface area contributed by atoms with Gasteiger partial charge in [0.25, 0.3) is 0 Å². The standard InChI is InChI=1S/C14H9BrN2O2/c15-13-3-1-2-11(8-18)14(13)19-9-10-4-5-17-12(6-10)7-16/h1-6,8H,9H2. The SMILES string of the molecule is N#Cc1cc(COc2c(Br)cccc2C=O)ccn1. The van der Waals surface area contributed by atoms with Gasteiger partial charge in [-0.3, -0.25) is 4.79 Å². The van der Waals surface area contributed by atoms with E-state index in [4.69, 9.17) is 10.00 Å². The Morgan fingerprint density at radius 1 is 1.42 bits per heavy atom. The third kappa shape index (κ3) is 3.18. The topological polar surface area (TPSA) is 63.0 Å². The average molecular weight is 317 g/mol. The Balaban J connectivity index is 2.19. The van der Waals surface area contributed by atoms with E-state index in [2.05, 4.69) is 20.9 Å². The van der Waals surface area contributed by atoms with Gasteiger partial charge in [0, 0.05) is 6.20 Å². The second-order valence-corrected chi connectivity index (χ2v) is 4.58. The van der Waals surface area contributed by atoms with Gasteiger partial charge in [-0.15, -0.1) is 0 Å². The maximum atomic E-state index is 10.9. The Kier molecular flexibility index (Phi) is 4.26. The third-order valence-electron chi connectivity index (χ3n) is 2.45. The number of halogens is 1. The molecule has 0 aliphatic rings. The molecule has 1 aromatic heterocycles. The van der Waals surface area contributed by atoms with E-state index in [1.807, 2.05) is 6.07 Å². The van der Waals surface area contributed by atoms with Crippen LogP contribution in [0, 0.1) is 11.3 Å². The smallest absolute Gasteiger partial charge is 0.153 e. The number of benzene rings is 1. The molecule has 4 nitrogen and oxygen atoms in total. The molecule has 1 heterocycles. The van der Waals surface area contributed by atoms with Crippen molar-refractivity contribution in [3.05, 3.63) is 57.8 Å². The van der Waals surface area contributed by atoms with Gasteiger partial charge in [-0.25, -0.2) is 4.98 Å². The first-order chi connectivity index (χ1) is 9.24. The summed E-state index contributed by atoms with van der Waals surface area (Å²) in [6, 6.07) is 10.6. The zero-order valence-electron chi connectivity index (χ0n) is 9.84. The first-order valence-electron chi connectivity index (χ1n) is 5.46. The van der Waals surface area contributed by atoms with Crippen LogP contribution in [0.25, 0.3) is 0 Å². The number of aldehydes is 1. The van der Waals surface area contributed by atoms with Gasteiger partial charge in [0.15, 0.2) is 6.29 Å². The second-order valence-electron chi connectivity index (χ2n) is 3.73. The summed E-state index contributed by atoms with van der Waals surface area (Å²) in [5.74, 6) is 0.493. The molecule has 1 aromatic carbocycles. The number of carbonyl (C=O) groups is 1. The van der Waals surface area contributed by atoms with Gasteiger partial charge in [-0.1, -0.05) is 6.07 Å². The van der Waals surface area contributed by atoms with Crippen LogP contribution in [0.1, 0.15) is 21.6 Å². The lowest BCUT2D eigenvalue weighted by atomic mass is 10.2. The Hall–Kier alpha value is -2.19. The molecule has 0 aliphatic heterocycles. The molecule has 2 aromatic rings. The molecule has 0 N–H and O–H groups in total. The second kappa shape index (κ2) is 6.12. The first-order valence-corrected chi connectivity index (χ1v) is 6.25. The molecule has 0 bridgehead atoms. The maximum absolute atomic E-state index is 10.9. The number of ether oxygens (including phenoxy) is 1. The van der Waals surface area contributed by atoms with Crippen molar-refractivity contribution >= 4 is 22.2 Å². The number of carbonyl (C=O) groups excluding carboxylic acids is 1. The Morgan fingerprint density at radius 2 is 2.26 bits per heavy atom. The van der Waals surface area contributed by atoms with E-state index in [9.17, 15) is 4.79 Å². The van der Waals surface area contributed by atoms with Crippen LogP contribution in [0.3, 0.4) is 0 Å². The van der Waals surface area contributed by atoms with Crippen LogP contribution in [0.4, 0.5) is 0 Å². The molecule has 0 amide bonds. The number of pyridine rings is 1. The van der Waals surface area contributed by atoms with Crippen LogP contribution in [-0.4, -0.2) is 11.3 Å². The molecule has 0 saturated heterocycles. The minimum Gasteiger partial charge on any atom is -0.487 e. The summed E-state index contributed by atoms with van der Waals surface area (Å²) < 4.78 is 6.34. The lowest BCUT2D eigenvalue weighted by Crippen LogP contribution is -2.00. The highest BCUT2D eigenvalue weighted by molar-refractivity contribution is 9.10. The molecule has 2 rings (SSSR count). The van der Waals surface area contributed by atoms with Gasteiger partial charge in [-0.2, -0.15) is 5.26 Å². The third-order valence-corrected chi connectivity index (χ3v) is 3.07. The largest absolute Gasteiger partial charge is 0.487 e. The predicted octanol–water partition coefficient (Wildman–Crippen LogP) is 3.11. The fraction of sp³-hybridized carbons (Fsp3) is 0.0714. The summed E-state index contributed by atoms with van der Waals surface area (Å²) >= 11 is 3.34. The van der Waals surface area contributed by atoms with Crippen LogP contribution < -0.4 is 4.74 Å². The Labute approximate surface area is 118 Å². The summed E-state index contributed by atoms with van der Waals surface area (Å²) in [6.07, 6.45) is 2.30. The summed E-state index contributed by atoms with van der Waals surface area (Å²) in [5.41, 5.74) is 1.63. The van der Waals surface area contributed by atoms with Crippen LogP contribution in [0.2, 0.25) is 0 Å². The number of para-hydroxylation sites is 1. The van der Waals surface area contributed by atoms with E-state index < -0.39 is 0 Å². The normalized spacial score (nSPS) is 9.68. The van der Waals surface area contributed by atoms with Crippen LogP contribution >= 0.6 is 15.9 Å². The van der Waals surface area contributed by atoms with E-state index in [0.717, 1.165) is 11.8 Å². The first kappa shape index (κ1) is 13.2. The fourth-order valence-corrected chi connectivity index (χ4v) is 2.05. The van der Waals surface area contributed by atoms with Gasteiger partial charge in [0.1, 0.15) is 24.1 Å². The fourth-order valence-electron chi connectivity index (χ4n) is 1.55. The molecule has 0 atom stereocenters. The van der Waals surface area contributed by atoms with Crippen LogP contribution in [0.5, 0.6) is 5.75 Å². The monoisotopic (exact) mass is 316 g/mol. The van der Waals surface area contributed by atoms with Crippen molar-refractivity contribution in [2.24, 2.45) is 0 Å². The molecule has 0 aliphatic carbocycles. The highest BCUT2D eigenvalue weighted by Gasteiger charge is 2.07. The number of hydrogen-bond donors (Lipinski definition) is 0. The highest BCUT2D eigenvalue weighted by atomic mass is 79.9. The van der Waals surface area contributed by atoms with E-state index in [1.165, 1.54) is 0 Å². The van der Waals surface area contributed by atoms with Crippen molar-refractivity contribution < 1.29 is 9.53 Å². The summed E-state index contributed by atoms with van der Waals surface area (Å²) in [5, 5.41) is 8.77. The van der Waals surface area contributed by atoms with E-state index >= 15 is 0 Å². The number of aromatic nitrogens is 1. The van der Waals surface area contributed by atoms with E-state index in [-0.39, 0.29) is 6.61 Å². The zero-order chi connectivity index (χ0) is 13.7. The van der Waals surface area contributed by atoms with E-state index in [0.29, 0.717) is 21.5 Å². The van der Waals surface area contributed by atoms with Gasteiger partial charge >= 0.3 is 0 Å². The Morgan fingerprint density at radius 3 is 3.00 bits per heavy atom. The van der Waals surface area contributed by atoms with Gasteiger partial charge in [-0.05, 0) is 45.8 Å². The molecular formula is C14H9BrN2O2. The summed E-state index contributed by atoms with van der Waals surface area (Å²) in [7, 11) is 0. The number of nitriles is 1. The van der Waals surface area contributed by atoms with Gasteiger partial charge in [0.05, 0.1) is 10.0 Å². The zero-order valence-corrected chi connectivity index (χ0v) is 11.4. The lowest BCUT2D eigenvalue weighted by Gasteiger charge is -2.10. The van der Waals surface area contributed by atoms with Gasteiger partial charge < -0.3 is 4.74 Å². The number of hydrogen-bond acceptors (Lipinski definition) is 4. The van der Waals surface area contributed by atoms with Crippen molar-refractivity contribution in [3.8, 4) is 11.8 Å². The highest BCUT2D eigenvalue weighted by Crippen LogP contribution is 2.28. The molecule has 0 spiro atoms. The minimum atomic E-state index is 0.265. The molecular weight excluding hydrogens is 308 g/mol. The predicted molar refractivity (Wildman–Crippen MR) is 72.8 cm³/mol. The quantitative estimate of drug-likeness (QED) is 0.813.